The summed E-state index contributed by atoms with van der Waals surface area (Å²) in [6, 6.07) is -4.26. The van der Waals surface area contributed by atoms with Crippen molar-refractivity contribution in [1.29, 1.82) is 0 Å². The monoisotopic (exact) mass is 143 g/mol. The van der Waals surface area contributed by atoms with Gasteiger partial charge in [-0.2, -0.15) is 0 Å². The second-order valence-corrected chi connectivity index (χ2v) is 1.47. The lowest BCUT2D eigenvalue weighted by molar-refractivity contribution is 0.470. The van der Waals surface area contributed by atoms with E-state index in [0.29, 0.717) is 0 Å². The molecule has 0 aliphatic heterocycles. The predicted molar refractivity (Wildman–Crippen MR) is 42.0 cm³/mol. The van der Waals surface area contributed by atoms with Crippen molar-refractivity contribution in [3.05, 3.63) is 42.3 Å². The summed E-state index contributed by atoms with van der Waals surface area (Å²) in [5, 5.41) is 9.67. The van der Waals surface area contributed by atoms with Gasteiger partial charge in [-0.05, 0) is 18.0 Å². The van der Waals surface area contributed by atoms with Gasteiger partial charge in [0.15, 0.2) is 0 Å². The van der Waals surface area contributed by atoms with Crippen molar-refractivity contribution in [3.8, 4) is 5.75 Å². The smallest absolute Gasteiger partial charge is 0.119 e. The maximum atomic E-state index is 9.67. The lowest BCUT2D eigenvalue weighted by Crippen LogP contribution is -1.79. The van der Waals surface area contributed by atoms with E-state index in [-0.39, 0.29) is 0 Å². The number of hydrogen-bond donors (Lipinski definition) is 1. The van der Waals surface area contributed by atoms with Crippen LogP contribution in [0.15, 0.2) is 36.8 Å². The standard InChI is InChI=1S/C9H10O/c1-2-5-8-6-3-4-7-9(8)10/h2-4,6-7,10H,1,5H2/i1D2,2D,3D,4D,5D2,6D,7D. The number of phenols is 1. The Hall–Kier alpha value is -1.24. The topological polar surface area (TPSA) is 20.2 Å². The largest absolute Gasteiger partial charge is 0.508 e. The molecule has 0 saturated heterocycles. The molecular formula is C9H10O. The van der Waals surface area contributed by atoms with Gasteiger partial charge in [-0.25, -0.2) is 0 Å². The summed E-state index contributed by atoms with van der Waals surface area (Å²) in [6.45, 7) is -1.14. The summed E-state index contributed by atoms with van der Waals surface area (Å²) >= 11 is 0. The summed E-state index contributed by atoms with van der Waals surface area (Å²) in [4.78, 5) is 0. The average molecular weight is 143 g/mol. The Labute approximate surface area is 73.3 Å². The zero-order valence-corrected chi connectivity index (χ0v) is 4.95. The number of allylic oxidation sites excluding steroid dienone is 1. The van der Waals surface area contributed by atoms with Crippen molar-refractivity contribution < 1.29 is 17.4 Å². The van der Waals surface area contributed by atoms with Crippen LogP contribution in [0, 0.1) is 0 Å². The number of para-hydroxylation sites is 1. The molecular weight excluding hydrogens is 124 g/mol. The van der Waals surface area contributed by atoms with Crippen LogP contribution in [0.5, 0.6) is 5.75 Å². The Morgan fingerprint density at radius 3 is 3.50 bits per heavy atom. The highest BCUT2D eigenvalue weighted by molar-refractivity contribution is 5.32. The summed E-state index contributed by atoms with van der Waals surface area (Å²) in [5.74, 6) is -1.03. The molecule has 0 heterocycles. The zero-order valence-electron chi connectivity index (χ0n) is 13.9. The molecule has 0 fully saturated rings. The van der Waals surface area contributed by atoms with Crippen LogP contribution in [0.2, 0.25) is 0 Å². The minimum absolute atomic E-state index is 0.727. The molecule has 1 heteroatoms. The van der Waals surface area contributed by atoms with E-state index in [1.165, 1.54) is 0 Å². The highest BCUT2D eigenvalue weighted by Gasteiger charge is 1.93. The molecule has 0 aliphatic carbocycles. The number of hydrogen-bond acceptors (Lipinski definition) is 1. The van der Waals surface area contributed by atoms with Crippen LogP contribution in [0.25, 0.3) is 0 Å². The molecule has 1 aromatic rings. The second-order valence-electron chi connectivity index (χ2n) is 1.47. The predicted octanol–water partition coefficient (Wildman–Crippen LogP) is 2.12. The van der Waals surface area contributed by atoms with Crippen LogP contribution in [0.1, 0.15) is 17.9 Å². The molecule has 1 rings (SSSR count). The van der Waals surface area contributed by atoms with Crippen LogP contribution in [0.3, 0.4) is 0 Å². The summed E-state index contributed by atoms with van der Waals surface area (Å²) < 4.78 is 66.0. The van der Waals surface area contributed by atoms with Crippen molar-refractivity contribution in [2.24, 2.45) is 0 Å². The lowest BCUT2D eigenvalue weighted by atomic mass is 10.1. The first-order valence-corrected chi connectivity index (χ1v) is 2.47. The Bertz CT molecular complexity index is 530. The van der Waals surface area contributed by atoms with E-state index in [4.69, 9.17) is 12.3 Å². The van der Waals surface area contributed by atoms with Crippen LogP contribution in [0.4, 0.5) is 0 Å². The number of rotatable bonds is 2. The van der Waals surface area contributed by atoms with E-state index < -0.39 is 54.4 Å². The molecule has 0 atom stereocenters. The normalized spacial score (nSPS) is 23.0. The minimum Gasteiger partial charge on any atom is -0.508 e. The van der Waals surface area contributed by atoms with Gasteiger partial charge >= 0.3 is 0 Å². The molecule has 1 aromatic carbocycles. The van der Waals surface area contributed by atoms with Gasteiger partial charge in [0, 0.05) is 2.74 Å². The van der Waals surface area contributed by atoms with Gasteiger partial charge in [0.2, 0.25) is 0 Å². The van der Waals surface area contributed by atoms with Gasteiger partial charge in [-0.3, -0.25) is 0 Å². The van der Waals surface area contributed by atoms with Crippen molar-refractivity contribution in [3.63, 3.8) is 0 Å². The number of aromatic hydroxyl groups is 1. The van der Waals surface area contributed by atoms with E-state index >= 15 is 0 Å². The van der Waals surface area contributed by atoms with E-state index in [0.717, 1.165) is 0 Å². The van der Waals surface area contributed by atoms with Gasteiger partial charge in [0.05, 0.1) is 9.60 Å². The van der Waals surface area contributed by atoms with E-state index in [2.05, 4.69) is 0 Å². The van der Waals surface area contributed by atoms with Crippen LogP contribution in [-0.4, -0.2) is 5.11 Å². The molecule has 0 radical (unpaired) electrons. The fourth-order valence-corrected chi connectivity index (χ4v) is 0.459. The van der Waals surface area contributed by atoms with Gasteiger partial charge in [0.25, 0.3) is 0 Å². The highest BCUT2D eigenvalue weighted by Crippen LogP contribution is 2.15. The van der Waals surface area contributed by atoms with Gasteiger partial charge < -0.3 is 5.11 Å². The van der Waals surface area contributed by atoms with Crippen molar-refractivity contribution in [2.45, 2.75) is 6.37 Å². The summed E-state index contributed by atoms with van der Waals surface area (Å²) in [6.07, 6.45) is -2.86. The first-order chi connectivity index (χ1) is 8.53. The molecule has 0 aromatic heterocycles. The number of phenolic OH excluding ortho intramolecular Hbond substituents is 1. The molecule has 52 valence electrons. The Balaban J connectivity index is 3.75. The molecule has 0 spiro atoms. The van der Waals surface area contributed by atoms with Gasteiger partial charge in [-0.1, -0.05) is 24.2 Å². The summed E-state index contributed by atoms with van der Waals surface area (Å²) in [5.41, 5.74) is -0.847. The van der Waals surface area contributed by atoms with E-state index in [9.17, 15) is 5.11 Å². The first kappa shape index (κ1) is 1.67. The lowest BCUT2D eigenvalue weighted by Gasteiger charge is -1.97. The van der Waals surface area contributed by atoms with Crippen molar-refractivity contribution in [2.75, 3.05) is 0 Å². The average Bonchev–Trinajstić information content (AvgIpc) is 2.32. The van der Waals surface area contributed by atoms with E-state index in [1.807, 2.05) is 0 Å². The third-order valence-electron chi connectivity index (χ3n) is 0.855. The Morgan fingerprint density at radius 1 is 1.90 bits per heavy atom. The minimum atomic E-state index is -2.86. The third kappa shape index (κ3) is 1.38. The molecule has 1 nitrogen and oxygen atoms in total. The van der Waals surface area contributed by atoms with Crippen LogP contribution in [-0.2, 0) is 6.37 Å². The molecule has 0 saturated carbocycles. The molecule has 0 unspecified atom stereocenters. The zero-order chi connectivity index (χ0) is 15.1. The fourth-order valence-electron chi connectivity index (χ4n) is 0.459. The summed E-state index contributed by atoms with van der Waals surface area (Å²) in [7, 11) is 0. The van der Waals surface area contributed by atoms with E-state index in [1.54, 1.807) is 0 Å². The van der Waals surface area contributed by atoms with Crippen molar-refractivity contribution >= 4 is 0 Å². The molecule has 0 aliphatic rings. The quantitative estimate of drug-likeness (QED) is 0.629. The maximum absolute atomic E-state index is 9.67. The molecule has 1 N–H and O–H groups in total. The highest BCUT2D eigenvalue weighted by atomic mass is 16.3. The van der Waals surface area contributed by atoms with Gasteiger partial charge in [-0.15, -0.1) is 6.53 Å². The van der Waals surface area contributed by atoms with Gasteiger partial charge in [0.1, 0.15) is 5.75 Å². The second kappa shape index (κ2) is 3.06. The van der Waals surface area contributed by atoms with Crippen LogP contribution >= 0.6 is 0 Å². The molecule has 0 bridgehead atoms. The van der Waals surface area contributed by atoms with Crippen LogP contribution < -0.4 is 0 Å². The fraction of sp³-hybridized carbons (Fsp3) is 0.111. The maximum Gasteiger partial charge on any atom is 0.119 e. The Kier molecular flexibility index (Phi) is 0.512. The number of benzene rings is 1. The SMILES string of the molecule is [2H]C([2H])=C([2H])C([2H])([2H])c1c([2H])c([2H])c([2H])c([2H])c1O. The molecule has 10 heavy (non-hydrogen) atoms. The van der Waals surface area contributed by atoms with Crippen molar-refractivity contribution in [1.82, 2.24) is 0 Å². The third-order valence-corrected chi connectivity index (χ3v) is 0.855. The molecule has 0 amide bonds. The first-order valence-electron chi connectivity index (χ1n) is 6.97. The Morgan fingerprint density at radius 2 is 2.70 bits per heavy atom.